The van der Waals surface area contributed by atoms with E-state index in [-0.39, 0.29) is 17.3 Å². The van der Waals surface area contributed by atoms with Gasteiger partial charge in [-0.15, -0.1) is 0 Å². The maximum atomic E-state index is 11.3. The quantitative estimate of drug-likeness (QED) is 0.437. The predicted octanol–water partition coefficient (Wildman–Crippen LogP) is 2.06. The van der Waals surface area contributed by atoms with Crippen LogP contribution in [0.15, 0.2) is 36.7 Å². The Bertz CT molecular complexity index is 621. The molecule has 1 aromatic heterocycles. The van der Waals surface area contributed by atoms with Gasteiger partial charge in [0.25, 0.3) is 0 Å². The molecule has 0 aliphatic heterocycles. The number of benzene rings is 1. The second kappa shape index (κ2) is 7.89. The molecule has 1 aromatic carbocycles. The van der Waals surface area contributed by atoms with Crippen LogP contribution in [0.3, 0.4) is 0 Å². The fourth-order valence-electron chi connectivity index (χ4n) is 1.86. The Morgan fingerprint density at radius 2 is 1.86 bits per heavy atom. The summed E-state index contributed by atoms with van der Waals surface area (Å²) in [5.74, 6) is 0.358. The molecule has 0 radical (unpaired) electrons. The van der Waals surface area contributed by atoms with E-state index in [9.17, 15) is 10.1 Å². The van der Waals surface area contributed by atoms with Crippen LogP contribution in [0, 0.1) is 10.1 Å². The van der Waals surface area contributed by atoms with Crippen LogP contribution in [0.4, 0.5) is 17.3 Å². The van der Waals surface area contributed by atoms with E-state index >= 15 is 0 Å². The van der Waals surface area contributed by atoms with E-state index in [1.807, 2.05) is 30.3 Å². The number of hydrogen-bond donors (Lipinski definition) is 2. The van der Waals surface area contributed by atoms with E-state index in [1.54, 1.807) is 7.11 Å². The lowest BCUT2D eigenvalue weighted by atomic mass is 10.2. The van der Waals surface area contributed by atoms with Crippen LogP contribution in [0.25, 0.3) is 0 Å². The van der Waals surface area contributed by atoms with Crippen LogP contribution in [-0.4, -0.2) is 35.2 Å². The lowest BCUT2D eigenvalue weighted by Gasteiger charge is -2.09. The van der Waals surface area contributed by atoms with Crippen molar-refractivity contribution in [3.8, 4) is 0 Å². The zero-order valence-corrected chi connectivity index (χ0v) is 12.2. The van der Waals surface area contributed by atoms with Crippen molar-refractivity contribution in [1.29, 1.82) is 0 Å². The summed E-state index contributed by atoms with van der Waals surface area (Å²) in [5, 5.41) is 17.2. The first kappa shape index (κ1) is 15.6. The average Bonchev–Trinajstić information content (AvgIpc) is 2.54. The van der Waals surface area contributed by atoms with Crippen LogP contribution in [0.2, 0.25) is 0 Å². The molecule has 0 atom stereocenters. The molecule has 8 heteroatoms. The first-order chi connectivity index (χ1) is 10.7. The van der Waals surface area contributed by atoms with Crippen molar-refractivity contribution in [2.75, 3.05) is 30.9 Å². The van der Waals surface area contributed by atoms with Crippen LogP contribution in [-0.2, 0) is 11.3 Å². The average molecular weight is 303 g/mol. The molecule has 116 valence electrons. The number of methoxy groups -OCH3 is 1. The minimum absolute atomic E-state index is 0.172. The first-order valence-electron chi connectivity index (χ1n) is 6.72. The monoisotopic (exact) mass is 303 g/mol. The summed E-state index contributed by atoms with van der Waals surface area (Å²) in [7, 11) is 1.56. The van der Waals surface area contributed by atoms with Gasteiger partial charge in [-0.05, 0) is 5.56 Å². The summed E-state index contributed by atoms with van der Waals surface area (Å²) < 4.78 is 4.91. The summed E-state index contributed by atoms with van der Waals surface area (Å²) in [6.07, 6.45) is 1.29. The van der Waals surface area contributed by atoms with Gasteiger partial charge in [-0.2, -0.15) is 0 Å². The van der Waals surface area contributed by atoms with Crippen molar-refractivity contribution in [2.24, 2.45) is 0 Å². The minimum atomic E-state index is -0.498. The molecule has 0 saturated carbocycles. The van der Waals surface area contributed by atoms with Gasteiger partial charge in [-0.1, -0.05) is 30.3 Å². The number of anilines is 2. The van der Waals surface area contributed by atoms with Crippen molar-refractivity contribution < 1.29 is 9.66 Å². The standard InChI is InChI=1S/C14H17N5O3/c1-22-8-7-15-13-12(19(20)21)14(18-10-17-13)16-9-11-5-3-2-4-6-11/h2-6,10H,7-9H2,1H3,(H2,15,16,17,18). The van der Waals surface area contributed by atoms with Gasteiger partial charge >= 0.3 is 5.69 Å². The Morgan fingerprint density at radius 3 is 2.50 bits per heavy atom. The molecule has 0 spiro atoms. The molecule has 0 amide bonds. The molecule has 1 heterocycles. The van der Waals surface area contributed by atoms with Crippen molar-refractivity contribution in [3.05, 3.63) is 52.3 Å². The summed E-state index contributed by atoms with van der Waals surface area (Å²) in [5.41, 5.74) is 0.832. The first-order valence-corrected chi connectivity index (χ1v) is 6.72. The van der Waals surface area contributed by atoms with E-state index in [1.165, 1.54) is 6.33 Å². The smallest absolute Gasteiger partial charge is 0.353 e. The largest absolute Gasteiger partial charge is 0.383 e. The van der Waals surface area contributed by atoms with Crippen molar-refractivity contribution in [2.45, 2.75) is 6.54 Å². The molecule has 2 rings (SSSR count). The Balaban J connectivity index is 2.15. The zero-order valence-electron chi connectivity index (χ0n) is 12.2. The van der Waals surface area contributed by atoms with E-state index in [4.69, 9.17) is 4.74 Å². The molecule has 0 aliphatic rings. The Morgan fingerprint density at radius 1 is 1.18 bits per heavy atom. The molecular formula is C14H17N5O3. The molecular weight excluding hydrogens is 286 g/mol. The molecule has 2 N–H and O–H groups in total. The summed E-state index contributed by atoms with van der Waals surface area (Å²) in [6, 6.07) is 9.58. The second-order valence-electron chi connectivity index (χ2n) is 4.44. The van der Waals surface area contributed by atoms with Gasteiger partial charge < -0.3 is 15.4 Å². The molecule has 0 aliphatic carbocycles. The highest BCUT2D eigenvalue weighted by atomic mass is 16.6. The normalized spacial score (nSPS) is 10.2. The Labute approximate surface area is 127 Å². The Kier molecular flexibility index (Phi) is 5.61. The summed E-state index contributed by atoms with van der Waals surface area (Å²) in [4.78, 5) is 18.7. The number of aromatic nitrogens is 2. The van der Waals surface area contributed by atoms with Gasteiger partial charge in [-0.3, -0.25) is 10.1 Å². The minimum Gasteiger partial charge on any atom is -0.383 e. The fourth-order valence-corrected chi connectivity index (χ4v) is 1.86. The van der Waals surface area contributed by atoms with E-state index in [0.717, 1.165) is 5.56 Å². The molecule has 2 aromatic rings. The van der Waals surface area contributed by atoms with Gasteiger partial charge in [-0.25, -0.2) is 9.97 Å². The second-order valence-corrected chi connectivity index (χ2v) is 4.44. The Hall–Kier alpha value is -2.74. The number of nitro groups is 1. The number of hydrogen-bond acceptors (Lipinski definition) is 7. The number of nitrogens with zero attached hydrogens (tertiary/aromatic N) is 3. The van der Waals surface area contributed by atoms with E-state index in [2.05, 4.69) is 20.6 Å². The third-order valence-corrected chi connectivity index (χ3v) is 2.91. The highest BCUT2D eigenvalue weighted by molar-refractivity contribution is 5.69. The van der Waals surface area contributed by atoms with E-state index in [0.29, 0.717) is 19.7 Å². The van der Waals surface area contributed by atoms with Gasteiger partial charge in [0.2, 0.25) is 11.6 Å². The molecule has 8 nitrogen and oxygen atoms in total. The molecule has 0 unspecified atom stereocenters. The molecule has 0 saturated heterocycles. The number of nitrogens with one attached hydrogen (secondary N) is 2. The van der Waals surface area contributed by atoms with Crippen LogP contribution < -0.4 is 10.6 Å². The maximum Gasteiger partial charge on any atom is 0.353 e. The summed E-state index contributed by atoms with van der Waals surface area (Å²) >= 11 is 0. The van der Waals surface area contributed by atoms with Gasteiger partial charge in [0, 0.05) is 20.2 Å². The van der Waals surface area contributed by atoms with Gasteiger partial charge in [0.1, 0.15) is 6.33 Å². The highest BCUT2D eigenvalue weighted by Crippen LogP contribution is 2.28. The number of ether oxygens (including phenoxy) is 1. The van der Waals surface area contributed by atoms with Gasteiger partial charge in [0.15, 0.2) is 0 Å². The number of rotatable bonds is 8. The lowest BCUT2D eigenvalue weighted by molar-refractivity contribution is -0.383. The highest BCUT2D eigenvalue weighted by Gasteiger charge is 2.22. The van der Waals surface area contributed by atoms with Crippen molar-refractivity contribution in [1.82, 2.24) is 9.97 Å². The third-order valence-electron chi connectivity index (χ3n) is 2.91. The van der Waals surface area contributed by atoms with Crippen molar-refractivity contribution >= 4 is 17.3 Å². The van der Waals surface area contributed by atoms with Crippen LogP contribution in [0.5, 0.6) is 0 Å². The fraction of sp³-hybridized carbons (Fsp3) is 0.286. The summed E-state index contributed by atoms with van der Waals surface area (Å²) in [6.45, 7) is 1.29. The van der Waals surface area contributed by atoms with E-state index < -0.39 is 4.92 Å². The maximum absolute atomic E-state index is 11.3. The van der Waals surface area contributed by atoms with Crippen LogP contribution >= 0.6 is 0 Å². The molecule has 0 bridgehead atoms. The lowest BCUT2D eigenvalue weighted by Crippen LogP contribution is -2.13. The SMILES string of the molecule is COCCNc1ncnc(NCc2ccccc2)c1[N+](=O)[O-]. The topological polar surface area (TPSA) is 102 Å². The third kappa shape index (κ3) is 4.13. The molecule has 0 fully saturated rings. The predicted molar refractivity (Wildman–Crippen MR) is 82.8 cm³/mol. The zero-order chi connectivity index (χ0) is 15.8. The van der Waals surface area contributed by atoms with Crippen molar-refractivity contribution in [3.63, 3.8) is 0 Å². The van der Waals surface area contributed by atoms with Gasteiger partial charge in [0.05, 0.1) is 11.5 Å². The molecule has 22 heavy (non-hydrogen) atoms. The van der Waals surface area contributed by atoms with Crippen LogP contribution in [0.1, 0.15) is 5.56 Å².